The van der Waals surface area contributed by atoms with Gasteiger partial charge in [-0.15, -0.1) is 0 Å². The minimum absolute atomic E-state index is 0.0853. The van der Waals surface area contributed by atoms with Crippen LogP contribution in [0.2, 0.25) is 0 Å². The van der Waals surface area contributed by atoms with Gasteiger partial charge in [0.25, 0.3) is 0 Å². The van der Waals surface area contributed by atoms with E-state index in [1.807, 2.05) is 6.92 Å². The zero-order valence-electron chi connectivity index (χ0n) is 11.9. The maximum atomic E-state index is 11.7. The highest BCUT2D eigenvalue weighted by atomic mass is 16.4. The number of carbonyl (C=O) groups is 2. The van der Waals surface area contributed by atoms with Gasteiger partial charge in [0.15, 0.2) is 0 Å². The van der Waals surface area contributed by atoms with Gasteiger partial charge in [0.05, 0.1) is 0 Å². The van der Waals surface area contributed by atoms with Crippen molar-refractivity contribution in [3.05, 3.63) is 0 Å². The summed E-state index contributed by atoms with van der Waals surface area (Å²) < 4.78 is 0. The first-order valence-electron chi connectivity index (χ1n) is 6.53. The molecule has 18 heavy (non-hydrogen) atoms. The SMILES string of the molecule is CC(C)CCN(C)C(=O)NCC(C)CCC(=O)O. The van der Waals surface area contributed by atoms with Gasteiger partial charge < -0.3 is 15.3 Å². The van der Waals surface area contributed by atoms with Crippen LogP contribution in [-0.2, 0) is 4.79 Å². The molecule has 0 aromatic rings. The minimum Gasteiger partial charge on any atom is -0.481 e. The summed E-state index contributed by atoms with van der Waals surface area (Å²) in [6.45, 7) is 7.46. The minimum atomic E-state index is -0.790. The Labute approximate surface area is 110 Å². The van der Waals surface area contributed by atoms with E-state index in [-0.39, 0.29) is 18.4 Å². The summed E-state index contributed by atoms with van der Waals surface area (Å²) in [6, 6.07) is -0.0853. The highest BCUT2D eigenvalue weighted by molar-refractivity contribution is 5.73. The first kappa shape index (κ1) is 16.7. The Kier molecular flexibility index (Phi) is 8.16. The molecule has 0 aliphatic carbocycles. The molecule has 106 valence electrons. The number of aliphatic carboxylic acids is 1. The molecule has 0 spiro atoms. The predicted octanol–water partition coefficient (Wildman–Crippen LogP) is 2.17. The van der Waals surface area contributed by atoms with Gasteiger partial charge in [0.1, 0.15) is 0 Å². The second-order valence-corrected chi connectivity index (χ2v) is 5.33. The Bertz CT molecular complexity index is 267. The first-order chi connectivity index (χ1) is 8.32. The molecule has 1 unspecified atom stereocenters. The van der Waals surface area contributed by atoms with Gasteiger partial charge in [-0.25, -0.2) is 4.79 Å². The Morgan fingerprint density at radius 3 is 2.33 bits per heavy atom. The van der Waals surface area contributed by atoms with Crippen LogP contribution in [0.1, 0.15) is 40.0 Å². The molecule has 0 rings (SSSR count). The van der Waals surface area contributed by atoms with Crippen LogP contribution in [0.15, 0.2) is 0 Å². The van der Waals surface area contributed by atoms with E-state index in [1.165, 1.54) is 0 Å². The molecule has 5 heteroatoms. The van der Waals surface area contributed by atoms with Gasteiger partial charge in [-0.3, -0.25) is 4.79 Å². The van der Waals surface area contributed by atoms with Crippen LogP contribution in [0, 0.1) is 11.8 Å². The Morgan fingerprint density at radius 2 is 1.83 bits per heavy atom. The number of carbonyl (C=O) groups excluding carboxylic acids is 1. The molecule has 0 radical (unpaired) electrons. The third-order valence-corrected chi connectivity index (χ3v) is 2.84. The third kappa shape index (κ3) is 8.84. The molecule has 2 N–H and O–H groups in total. The Balaban J connectivity index is 3.77. The lowest BCUT2D eigenvalue weighted by molar-refractivity contribution is -0.137. The fourth-order valence-corrected chi connectivity index (χ4v) is 1.42. The van der Waals surface area contributed by atoms with E-state index in [9.17, 15) is 9.59 Å². The van der Waals surface area contributed by atoms with Gasteiger partial charge in [-0.05, 0) is 24.7 Å². The topological polar surface area (TPSA) is 69.6 Å². The lowest BCUT2D eigenvalue weighted by atomic mass is 10.1. The summed E-state index contributed by atoms with van der Waals surface area (Å²) >= 11 is 0. The van der Waals surface area contributed by atoms with E-state index in [2.05, 4.69) is 19.2 Å². The number of amides is 2. The van der Waals surface area contributed by atoms with Crippen molar-refractivity contribution in [1.82, 2.24) is 10.2 Å². The zero-order valence-corrected chi connectivity index (χ0v) is 11.9. The summed E-state index contributed by atoms with van der Waals surface area (Å²) in [6.07, 6.45) is 1.73. The van der Waals surface area contributed by atoms with Crippen LogP contribution in [0.25, 0.3) is 0 Å². The number of nitrogens with zero attached hydrogens (tertiary/aromatic N) is 1. The molecule has 5 nitrogen and oxygen atoms in total. The van der Waals surface area contributed by atoms with E-state index in [1.54, 1.807) is 11.9 Å². The quantitative estimate of drug-likeness (QED) is 0.701. The average Bonchev–Trinajstić information content (AvgIpc) is 2.30. The maximum Gasteiger partial charge on any atom is 0.317 e. The number of urea groups is 1. The van der Waals surface area contributed by atoms with E-state index < -0.39 is 5.97 Å². The fraction of sp³-hybridized carbons (Fsp3) is 0.846. The van der Waals surface area contributed by atoms with E-state index >= 15 is 0 Å². The second kappa shape index (κ2) is 8.78. The standard InChI is InChI=1S/C13H26N2O3/c1-10(2)7-8-15(4)13(18)14-9-11(3)5-6-12(16)17/h10-11H,5-9H2,1-4H3,(H,14,18)(H,16,17). The number of hydrogen-bond acceptors (Lipinski definition) is 2. The van der Waals surface area contributed by atoms with Crippen molar-refractivity contribution in [2.75, 3.05) is 20.1 Å². The molecule has 0 aliphatic rings. The largest absolute Gasteiger partial charge is 0.481 e. The normalized spacial score (nSPS) is 12.3. The molecule has 0 aliphatic heterocycles. The van der Waals surface area contributed by atoms with Crippen LogP contribution in [0.3, 0.4) is 0 Å². The van der Waals surface area contributed by atoms with E-state index in [4.69, 9.17) is 5.11 Å². The number of hydrogen-bond donors (Lipinski definition) is 2. The van der Waals surface area contributed by atoms with Crippen LogP contribution >= 0.6 is 0 Å². The van der Waals surface area contributed by atoms with Crippen molar-refractivity contribution in [2.24, 2.45) is 11.8 Å². The smallest absolute Gasteiger partial charge is 0.317 e. The molecular weight excluding hydrogens is 232 g/mol. The molecule has 0 saturated carbocycles. The number of rotatable bonds is 8. The monoisotopic (exact) mass is 258 g/mol. The maximum absolute atomic E-state index is 11.7. The van der Waals surface area contributed by atoms with Crippen LogP contribution in [0.4, 0.5) is 4.79 Å². The fourth-order valence-electron chi connectivity index (χ4n) is 1.42. The predicted molar refractivity (Wildman–Crippen MR) is 71.5 cm³/mol. The van der Waals surface area contributed by atoms with Crippen molar-refractivity contribution in [1.29, 1.82) is 0 Å². The zero-order chi connectivity index (χ0) is 14.1. The van der Waals surface area contributed by atoms with E-state index in [0.717, 1.165) is 13.0 Å². The first-order valence-corrected chi connectivity index (χ1v) is 6.53. The van der Waals surface area contributed by atoms with Crippen LogP contribution in [0.5, 0.6) is 0 Å². The molecule has 0 saturated heterocycles. The lowest BCUT2D eigenvalue weighted by Crippen LogP contribution is -2.40. The third-order valence-electron chi connectivity index (χ3n) is 2.84. The number of nitrogens with one attached hydrogen (secondary N) is 1. The molecule has 0 aromatic heterocycles. The average molecular weight is 258 g/mol. The van der Waals surface area contributed by atoms with Crippen molar-refractivity contribution in [2.45, 2.75) is 40.0 Å². The van der Waals surface area contributed by atoms with E-state index in [0.29, 0.717) is 18.9 Å². The highest BCUT2D eigenvalue weighted by Gasteiger charge is 2.11. The van der Waals surface area contributed by atoms with Crippen molar-refractivity contribution in [3.63, 3.8) is 0 Å². The molecule has 0 aromatic carbocycles. The summed E-state index contributed by atoms with van der Waals surface area (Å²) in [4.78, 5) is 23.8. The molecule has 2 amide bonds. The van der Waals surface area contributed by atoms with Crippen LogP contribution < -0.4 is 5.32 Å². The van der Waals surface area contributed by atoms with Gasteiger partial charge >= 0.3 is 12.0 Å². The van der Waals surface area contributed by atoms with Gasteiger partial charge in [-0.2, -0.15) is 0 Å². The molecule has 0 fully saturated rings. The lowest BCUT2D eigenvalue weighted by Gasteiger charge is -2.20. The van der Waals surface area contributed by atoms with Crippen molar-refractivity contribution < 1.29 is 14.7 Å². The molecule has 0 heterocycles. The Hall–Kier alpha value is -1.26. The van der Waals surface area contributed by atoms with Gasteiger partial charge in [0, 0.05) is 26.6 Å². The van der Waals surface area contributed by atoms with Crippen LogP contribution in [-0.4, -0.2) is 42.1 Å². The second-order valence-electron chi connectivity index (χ2n) is 5.33. The summed E-state index contributed by atoms with van der Waals surface area (Å²) in [7, 11) is 1.78. The molecular formula is C13H26N2O3. The molecule has 0 bridgehead atoms. The summed E-state index contributed by atoms with van der Waals surface area (Å²) in [5, 5.41) is 11.4. The highest BCUT2D eigenvalue weighted by Crippen LogP contribution is 2.04. The van der Waals surface area contributed by atoms with Crippen molar-refractivity contribution >= 4 is 12.0 Å². The van der Waals surface area contributed by atoms with Crippen molar-refractivity contribution in [3.8, 4) is 0 Å². The Morgan fingerprint density at radius 1 is 1.22 bits per heavy atom. The van der Waals surface area contributed by atoms with Gasteiger partial charge in [-0.1, -0.05) is 20.8 Å². The number of carboxylic acid groups (broad SMARTS) is 1. The summed E-state index contributed by atoms with van der Waals surface area (Å²) in [5.41, 5.74) is 0. The van der Waals surface area contributed by atoms with Gasteiger partial charge in [0.2, 0.25) is 0 Å². The summed E-state index contributed by atoms with van der Waals surface area (Å²) in [5.74, 6) is -0.0273. The molecule has 1 atom stereocenters. The number of carboxylic acids is 1.